The number of nitrogens with zero attached hydrogens (tertiary/aromatic N) is 2. The molecule has 0 aliphatic carbocycles. The Morgan fingerprint density at radius 2 is 1.96 bits per heavy atom. The molecule has 2 atom stereocenters. The zero-order valence-electron chi connectivity index (χ0n) is 16.4. The van der Waals surface area contributed by atoms with E-state index in [1.807, 2.05) is 12.1 Å². The first-order chi connectivity index (χ1) is 12.7. The van der Waals surface area contributed by atoms with Crippen LogP contribution in [0, 0.1) is 0 Å². The van der Waals surface area contributed by atoms with Crippen LogP contribution >= 0.6 is 0 Å². The fourth-order valence-corrected chi connectivity index (χ4v) is 3.15. The maximum Gasteiger partial charge on any atom is 0.190 e. The molecular formula is C19H34N4O3. The largest absolute Gasteiger partial charge is 0.467 e. The van der Waals surface area contributed by atoms with Gasteiger partial charge < -0.3 is 24.5 Å². The molecule has 2 N–H and O–H groups in total. The molecule has 1 aliphatic heterocycles. The van der Waals surface area contributed by atoms with Crippen LogP contribution in [0.1, 0.15) is 32.4 Å². The highest BCUT2D eigenvalue weighted by Crippen LogP contribution is 2.10. The smallest absolute Gasteiger partial charge is 0.190 e. The lowest BCUT2D eigenvalue weighted by atomic mass is 10.2. The normalized spacial score (nSPS) is 21.7. The Balaban J connectivity index is 1.47. The monoisotopic (exact) mass is 366 g/mol. The highest BCUT2D eigenvalue weighted by atomic mass is 16.5. The average molecular weight is 367 g/mol. The quantitative estimate of drug-likeness (QED) is 0.374. The second-order valence-corrected chi connectivity index (χ2v) is 6.78. The summed E-state index contributed by atoms with van der Waals surface area (Å²) in [4.78, 5) is 6.74. The first-order valence-electron chi connectivity index (χ1n) is 9.60. The Morgan fingerprint density at radius 3 is 2.62 bits per heavy atom. The number of rotatable bonds is 10. The summed E-state index contributed by atoms with van der Waals surface area (Å²) in [5.41, 5.74) is 0. The van der Waals surface area contributed by atoms with E-state index in [1.54, 1.807) is 13.3 Å². The number of hydrogen-bond acceptors (Lipinski definition) is 5. The SMILES string of the molecule is CN=C(NCCCOCc1ccco1)NCCCN1CC(C)OC(C)C1. The molecule has 2 rings (SSSR count). The zero-order valence-corrected chi connectivity index (χ0v) is 16.4. The second kappa shape index (κ2) is 11.9. The Labute approximate surface area is 157 Å². The lowest BCUT2D eigenvalue weighted by Gasteiger charge is -2.35. The van der Waals surface area contributed by atoms with E-state index in [1.165, 1.54) is 0 Å². The van der Waals surface area contributed by atoms with Crippen molar-refractivity contribution < 1.29 is 13.9 Å². The molecule has 1 fully saturated rings. The van der Waals surface area contributed by atoms with Crippen LogP contribution in [0.4, 0.5) is 0 Å². The predicted octanol–water partition coefficient (Wildman–Crippen LogP) is 1.85. The molecule has 1 aromatic rings. The summed E-state index contributed by atoms with van der Waals surface area (Å²) in [6, 6.07) is 3.79. The van der Waals surface area contributed by atoms with E-state index in [0.717, 1.165) is 57.3 Å². The van der Waals surface area contributed by atoms with Gasteiger partial charge in [0.25, 0.3) is 0 Å². The average Bonchev–Trinajstić information content (AvgIpc) is 3.12. The molecule has 0 aromatic carbocycles. The van der Waals surface area contributed by atoms with Gasteiger partial charge in [0.15, 0.2) is 5.96 Å². The van der Waals surface area contributed by atoms with Gasteiger partial charge in [-0.05, 0) is 38.8 Å². The van der Waals surface area contributed by atoms with Crippen molar-refractivity contribution >= 4 is 5.96 Å². The highest BCUT2D eigenvalue weighted by molar-refractivity contribution is 5.79. The van der Waals surface area contributed by atoms with E-state index in [4.69, 9.17) is 13.9 Å². The minimum atomic E-state index is 0.330. The summed E-state index contributed by atoms with van der Waals surface area (Å²) in [5, 5.41) is 6.69. The molecule has 26 heavy (non-hydrogen) atoms. The number of aliphatic imine (C=N–C) groups is 1. The van der Waals surface area contributed by atoms with Crippen molar-refractivity contribution in [1.82, 2.24) is 15.5 Å². The van der Waals surface area contributed by atoms with Crippen molar-refractivity contribution in [3.05, 3.63) is 24.2 Å². The Bertz CT molecular complexity index is 497. The summed E-state index contributed by atoms with van der Waals surface area (Å²) >= 11 is 0. The van der Waals surface area contributed by atoms with Crippen LogP contribution in [-0.2, 0) is 16.1 Å². The Kier molecular flexibility index (Phi) is 9.52. The van der Waals surface area contributed by atoms with Crippen molar-refractivity contribution in [2.45, 2.75) is 45.5 Å². The lowest BCUT2D eigenvalue weighted by molar-refractivity contribution is -0.0679. The van der Waals surface area contributed by atoms with Crippen LogP contribution in [0.5, 0.6) is 0 Å². The fraction of sp³-hybridized carbons (Fsp3) is 0.737. The van der Waals surface area contributed by atoms with E-state index in [2.05, 4.69) is 34.4 Å². The van der Waals surface area contributed by atoms with Crippen LogP contribution in [0.3, 0.4) is 0 Å². The van der Waals surface area contributed by atoms with Crippen LogP contribution in [0.25, 0.3) is 0 Å². The van der Waals surface area contributed by atoms with Crippen LogP contribution < -0.4 is 10.6 Å². The number of furan rings is 1. The van der Waals surface area contributed by atoms with Crippen LogP contribution in [0.2, 0.25) is 0 Å². The standard InChI is InChI=1S/C19H34N4O3/c1-16-13-23(14-17(2)26-16)10-5-8-21-19(20-3)22-9-6-11-24-15-18-7-4-12-25-18/h4,7,12,16-17H,5-6,8-11,13-15H2,1-3H3,(H2,20,21,22). The van der Waals surface area contributed by atoms with Crippen molar-refractivity contribution in [2.75, 3.05) is 46.4 Å². The molecule has 148 valence electrons. The summed E-state index contributed by atoms with van der Waals surface area (Å²) in [5.74, 6) is 1.71. The van der Waals surface area contributed by atoms with Crippen molar-refractivity contribution in [3.63, 3.8) is 0 Å². The number of nitrogens with one attached hydrogen (secondary N) is 2. The number of morpholine rings is 1. The third-order valence-corrected chi connectivity index (χ3v) is 4.24. The highest BCUT2D eigenvalue weighted by Gasteiger charge is 2.21. The molecular weight excluding hydrogens is 332 g/mol. The zero-order chi connectivity index (χ0) is 18.6. The minimum absolute atomic E-state index is 0.330. The maximum absolute atomic E-state index is 5.77. The summed E-state index contributed by atoms with van der Waals surface area (Å²) < 4.78 is 16.6. The van der Waals surface area contributed by atoms with Gasteiger partial charge in [-0.2, -0.15) is 0 Å². The number of hydrogen-bond donors (Lipinski definition) is 2. The molecule has 1 aromatic heterocycles. The van der Waals surface area contributed by atoms with Gasteiger partial charge in [0.05, 0.1) is 18.5 Å². The van der Waals surface area contributed by atoms with Crippen molar-refractivity contribution in [2.24, 2.45) is 4.99 Å². The van der Waals surface area contributed by atoms with Crippen LogP contribution in [0.15, 0.2) is 27.8 Å². The number of ether oxygens (including phenoxy) is 2. The second-order valence-electron chi connectivity index (χ2n) is 6.78. The van der Waals surface area contributed by atoms with E-state index in [0.29, 0.717) is 25.4 Å². The molecule has 0 saturated carbocycles. The summed E-state index contributed by atoms with van der Waals surface area (Å²) in [6.45, 7) is 10.4. The molecule has 1 saturated heterocycles. The van der Waals surface area contributed by atoms with Gasteiger partial charge in [0.2, 0.25) is 0 Å². The fourth-order valence-electron chi connectivity index (χ4n) is 3.15. The maximum atomic E-state index is 5.77. The molecule has 7 heteroatoms. The van der Waals surface area contributed by atoms with Crippen molar-refractivity contribution in [1.29, 1.82) is 0 Å². The molecule has 0 amide bonds. The molecule has 7 nitrogen and oxygen atoms in total. The lowest BCUT2D eigenvalue weighted by Crippen LogP contribution is -2.46. The summed E-state index contributed by atoms with van der Waals surface area (Å²) in [6.07, 6.45) is 4.33. The first kappa shape index (κ1) is 20.7. The molecule has 0 bridgehead atoms. The molecule has 2 unspecified atom stereocenters. The topological polar surface area (TPSA) is 71.3 Å². The third-order valence-electron chi connectivity index (χ3n) is 4.24. The van der Waals surface area contributed by atoms with E-state index >= 15 is 0 Å². The van der Waals surface area contributed by atoms with Gasteiger partial charge in [-0.1, -0.05) is 0 Å². The van der Waals surface area contributed by atoms with Crippen molar-refractivity contribution in [3.8, 4) is 0 Å². The Morgan fingerprint density at radius 1 is 1.23 bits per heavy atom. The minimum Gasteiger partial charge on any atom is -0.467 e. The molecule has 0 spiro atoms. The van der Waals surface area contributed by atoms with E-state index < -0.39 is 0 Å². The van der Waals surface area contributed by atoms with Gasteiger partial charge in [-0.15, -0.1) is 0 Å². The molecule has 0 radical (unpaired) electrons. The van der Waals surface area contributed by atoms with Crippen LogP contribution in [-0.4, -0.2) is 69.4 Å². The van der Waals surface area contributed by atoms with Gasteiger partial charge in [-0.3, -0.25) is 9.89 Å². The predicted molar refractivity (Wildman–Crippen MR) is 103 cm³/mol. The van der Waals surface area contributed by atoms with Gasteiger partial charge >= 0.3 is 0 Å². The first-order valence-corrected chi connectivity index (χ1v) is 9.60. The molecule has 2 heterocycles. The van der Waals surface area contributed by atoms with Gasteiger partial charge in [-0.25, -0.2) is 0 Å². The van der Waals surface area contributed by atoms with E-state index in [9.17, 15) is 0 Å². The van der Waals surface area contributed by atoms with Gasteiger partial charge in [0, 0.05) is 46.4 Å². The molecule has 1 aliphatic rings. The Hall–Kier alpha value is -1.57. The van der Waals surface area contributed by atoms with Gasteiger partial charge in [0.1, 0.15) is 12.4 Å². The van der Waals surface area contributed by atoms with E-state index in [-0.39, 0.29) is 0 Å². The summed E-state index contributed by atoms with van der Waals surface area (Å²) in [7, 11) is 1.80. The number of guanidine groups is 1. The third kappa shape index (κ3) is 8.21.